The van der Waals surface area contributed by atoms with E-state index in [1.165, 1.54) is 0 Å². The van der Waals surface area contributed by atoms with E-state index in [-0.39, 0.29) is 18.1 Å². The van der Waals surface area contributed by atoms with Crippen molar-refractivity contribution in [2.45, 2.75) is 37.6 Å². The van der Waals surface area contributed by atoms with Crippen LogP contribution in [0.25, 0.3) is 0 Å². The van der Waals surface area contributed by atoms with Crippen LogP contribution in [0.4, 0.5) is 0 Å². The summed E-state index contributed by atoms with van der Waals surface area (Å²) in [6, 6.07) is 6.27. The molecule has 0 bridgehead atoms. The van der Waals surface area contributed by atoms with Gasteiger partial charge < -0.3 is 14.6 Å². The van der Waals surface area contributed by atoms with E-state index in [2.05, 4.69) is 20.2 Å². The lowest BCUT2D eigenvalue weighted by Gasteiger charge is -2.32. The van der Waals surface area contributed by atoms with Gasteiger partial charge in [0.15, 0.2) is 5.82 Å². The first-order valence-corrected chi connectivity index (χ1v) is 8.76. The second kappa shape index (κ2) is 6.93. The minimum atomic E-state index is -0.148. The lowest BCUT2D eigenvalue weighted by atomic mass is 10.0. The number of hydrogen-bond donors (Lipinski definition) is 1. The van der Waals surface area contributed by atoms with Crippen molar-refractivity contribution in [3.63, 3.8) is 0 Å². The Morgan fingerprint density at radius 1 is 1.36 bits per heavy atom. The molecule has 4 heterocycles. The van der Waals surface area contributed by atoms with Gasteiger partial charge in [-0.3, -0.25) is 14.7 Å². The zero-order chi connectivity index (χ0) is 17.2. The summed E-state index contributed by atoms with van der Waals surface area (Å²) in [5.74, 6) is 0.278. The fourth-order valence-electron chi connectivity index (χ4n) is 3.88. The molecule has 0 radical (unpaired) electrons. The highest BCUT2D eigenvalue weighted by atomic mass is 16.5. The molecule has 4 rings (SSSR count). The van der Waals surface area contributed by atoms with Crippen molar-refractivity contribution in [1.82, 2.24) is 24.8 Å². The largest absolute Gasteiger partial charge is 0.374 e. The Hall–Kier alpha value is -2.25. The molecule has 7 heteroatoms. The molecular formula is C18H23N5O2. The van der Waals surface area contributed by atoms with Crippen molar-refractivity contribution in [2.24, 2.45) is 7.05 Å². The quantitative estimate of drug-likeness (QED) is 0.897. The Kier molecular flexibility index (Phi) is 4.50. The topological polar surface area (TPSA) is 72.3 Å². The van der Waals surface area contributed by atoms with Crippen molar-refractivity contribution in [1.29, 1.82) is 0 Å². The molecular weight excluding hydrogens is 318 g/mol. The number of ether oxygens (including phenoxy) is 1. The van der Waals surface area contributed by atoms with Crippen LogP contribution in [0.15, 0.2) is 36.8 Å². The van der Waals surface area contributed by atoms with Crippen LogP contribution in [-0.2, 0) is 18.3 Å². The third-order valence-electron chi connectivity index (χ3n) is 5.06. The maximum absolute atomic E-state index is 12.5. The summed E-state index contributed by atoms with van der Waals surface area (Å²) in [5, 5.41) is 3.13. The van der Waals surface area contributed by atoms with Crippen LogP contribution >= 0.6 is 0 Å². The van der Waals surface area contributed by atoms with E-state index in [0.29, 0.717) is 11.9 Å². The lowest BCUT2D eigenvalue weighted by molar-refractivity contribution is -0.0213. The molecule has 132 valence electrons. The number of aryl methyl sites for hydroxylation is 1. The van der Waals surface area contributed by atoms with E-state index in [9.17, 15) is 4.79 Å². The van der Waals surface area contributed by atoms with Crippen LogP contribution in [0.5, 0.6) is 0 Å². The number of rotatable bonds is 4. The molecule has 0 saturated carbocycles. The van der Waals surface area contributed by atoms with Gasteiger partial charge >= 0.3 is 0 Å². The number of nitrogens with zero attached hydrogens (tertiary/aromatic N) is 4. The first kappa shape index (κ1) is 16.2. The van der Waals surface area contributed by atoms with Gasteiger partial charge in [0.25, 0.3) is 5.91 Å². The van der Waals surface area contributed by atoms with E-state index in [1.54, 1.807) is 17.0 Å². The number of aromatic nitrogens is 3. The second-order valence-electron chi connectivity index (χ2n) is 6.74. The smallest absolute Gasteiger partial charge is 0.287 e. The zero-order valence-corrected chi connectivity index (χ0v) is 14.3. The number of fused-ring (bicyclic) bond motifs is 1. The SMILES string of the molecule is Cn1ccnc1C(=O)N[C@@H]1CN(Cc2ccccn2)[C@@H]2CCCO[C@@H]21. The highest BCUT2D eigenvalue weighted by Gasteiger charge is 2.44. The van der Waals surface area contributed by atoms with Crippen LogP contribution in [0.2, 0.25) is 0 Å². The molecule has 2 aromatic rings. The summed E-state index contributed by atoms with van der Waals surface area (Å²) >= 11 is 0. The zero-order valence-electron chi connectivity index (χ0n) is 14.3. The molecule has 25 heavy (non-hydrogen) atoms. The molecule has 0 spiro atoms. The van der Waals surface area contributed by atoms with E-state index < -0.39 is 0 Å². The summed E-state index contributed by atoms with van der Waals surface area (Å²) in [7, 11) is 1.82. The van der Waals surface area contributed by atoms with Crippen LogP contribution in [0.3, 0.4) is 0 Å². The predicted molar refractivity (Wildman–Crippen MR) is 91.9 cm³/mol. The third kappa shape index (κ3) is 3.29. The Bertz CT molecular complexity index is 732. The third-order valence-corrected chi connectivity index (χ3v) is 5.06. The van der Waals surface area contributed by atoms with Gasteiger partial charge in [-0.15, -0.1) is 0 Å². The van der Waals surface area contributed by atoms with Crippen molar-refractivity contribution >= 4 is 5.91 Å². The van der Waals surface area contributed by atoms with Crippen molar-refractivity contribution in [3.05, 3.63) is 48.3 Å². The number of pyridine rings is 1. The van der Waals surface area contributed by atoms with Gasteiger partial charge in [-0.2, -0.15) is 0 Å². The summed E-state index contributed by atoms with van der Waals surface area (Å²) < 4.78 is 7.76. The van der Waals surface area contributed by atoms with Gasteiger partial charge in [-0.1, -0.05) is 6.07 Å². The minimum Gasteiger partial charge on any atom is -0.374 e. The number of imidazole rings is 1. The number of carbonyl (C=O) groups excluding carboxylic acids is 1. The lowest BCUT2D eigenvalue weighted by Crippen LogP contribution is -2.48. The Labute approximate surface area is 147 Å². The number of likely N-dealkylation sites (tertiary alicyclic amines) is 1. The molecule has 2 saturated heterocycles. The summed E-state index contributed by atoms with van der Waals surface area (Å²) in [6.07, 6.45) is 7.40. The van der Waals surface area contributed by atoms with Gasteiger partial charge in [-0.05, 0) is 25.0 Å². The normalized spacial score (nSPS) is 26.4. The maximum atomic E-state index is 12.5. The Morgan fingerprint density at radius 2 is 2.28 bits per heavy atom. The van der Waals surface area contributed by atoms with Crippen LogP contribution in [0, 0.1) is 0 Å². The van der Waals surface area contributed by atoms with Gasteiger partial charge in [-0.25, -0.2) is 4.98 Å². The first-order chi connectivity index (χ1) is 12.2. The van der Waals surface area contributed by atoms with Gasteiger partial charge in [0, 0.05) is 51.4 Å². The molecule has 1 N–H and O–H groups in total. The monoisotopic (exact) mass is 341 g/mol. The Balaban J connectivity index is 1.48. The van der Waals surface area contributed by atoms with E-state index in [1.807, 2.05) is 31.4 Å². The average molecular weight is 341 g/mol. The number of nitrogens with one attached hydrogen (secondary N) is 1. The van der Waals surface area contributed by atoms with Crippen molar-refractivity contribution in [3.8, 4) is 0 Å². The molecule has 0 aromatic carbocycles. The standard InChI is InChI=1S/C18H23N5O2/c1-22-9-8-20-17(22)18(24)21-14-12-23(11-13-5-2-3-7-19-13)15-6-4-10-25-16(14)15/h2-3,5,7-9,14-16H,4,6,10-12H2,1H3,(H,21,24)/t14-,15-,16-/m1/s1. The summed E-state index contributed by atoms with van der Waals surface area (Å²) in [4.78, 5) is 23.5. The fourth-order valence-corrected chi connectivity index (χ4v) is 3.88. The van der Waals surface area contributed by atoms with Gasteiger partial charge in [0.1, 0.15) is 0 Å². The number of hydrogen-bond acceptors (Lipinski definition) is 5. The molecule has 1 amide bonds. The average Bonchev–Trinajstić information content (AvgIpc) is 3.21. The molecule has 0 aliphatic carbocycles. The molecule has 3 atom stereocenters. The fraction of sp³-hybridized carbons (Fsp3) is 0.500. The summed E-state index contributed by atoms with van der Waals surface area (Å²) in [5.41, 5.74) is 1.04. The number of amides is 1. The molecule has 0 unspecified atom stereocenters. The van der Waals surface area contributed by atoms with Crippen LogP contribution in [-0.4, -0.2) is 56.7 Å². The number of carbonyl (C=O) groups is 1. The van der Waals surface area contributed by atoms with Crippen LogP contribution < -0.4 is 5.32 Å². The second-order valence-corrected chi connectivity index (χ2v) is 6.74. The highest BCUT2D eigenvalue weighted by molar-refractivity contribution is 5.91. The molecule has 2 fully saturated rings. The molecule has 2 aliphatic heterocycles. The molecule has 2 aromatic heterocycles. The van der Waals surface area contributed by atoms with Crippen LogP contribution in [0.1, 0.15) is 29.2 Å². The predicted octanol–water partition coefficient (Wildman–Crippen LogP) is 0.977. The van der Waals surface area contributed by atoms with E-state index in [0.717, 1.165) is 38.2 Å². The highest BCUT2D eigenvalue weighted by Crippen LogP contribution is 2.30. The Morgan fingerprint density at radius 3 is 3.04 bits per heavy atom. The first-order valence-electron chi connectivity index (χ1n) is 8.76. The minimum absolute atomic E-state index is 0.0293. The van der Waals surface area contributed by atoms with E-state index >= 15 is 0 Å². The van der Waals surface area contributed by atoms with Gasteiger partial charge in [0.05, 0.1) is 17.8 Å². The van der Waals surface area contributed by atoms with Gasteiger partial charge in [0.2, 0.25) is 0 Å². The maximum Gasteiger partial charge on any atom is 0.287 e. The van der Waals surface area contributed by atoms with E-state index in [4.69, 9.17) is 4.74 Å². The van der Waals surface area contributed by atoms with Crippen molar-refractivity contribution in [2.75, 3.05) is 13.2 Å². The molecule has 7 nitrogen and oxygen atoms in total. The van der Waals surface area contributed by atoms with Crippen molar-refractivity contribution < 1.29 is 9.53 Å². The summed E-state index contributed by atoms with van der Waals surface area (Å²) in [6.45, 7) is 2.30. The molecule has 2 aliphatic rings.